The van der Waals surface area contributed by atoms with Crippen molar-refractivity contribution >= 4 is 6.03 Å². The highest BCUT2D eigenvalue weighted by Gasteiger charge is 2.14. The van der Waals surface area contributed by atoms with Crippen LogP contribution < -0.4 is 24.8 Å². The van der Waals surface area contributed by atoms with Crippen LogP contribution in [0.25, 0.3) is 0 Å². The molecule has 0 spiro atoms. The summed E-state index contributed by atoms with van der Waals surface area (Å²) in [6, 6.07) is 12.6. The van der Waals surface area contributed by atoms with E-state index in [1.807, 2.05) is 43.3 Å². The summed E-state index contributed by atoms with van der Waals surface area (Å²) in [4.78, 5) is 12.1. The standard InChI is InChI=1S/C19H24N2O4/c1-13(17-10-9-16(24-3)11-18(17)25-4)21-19(22)20-12-14-5-7-15(23-2)8-6-14/h5-11,13H,12H2,1-4H3,(H2,20,21,22). The highest BCUT2D eigenvalue weighted by Crippen LogP contribution is 2.29. The number of benzene rings is 2. The molecule has 1 unspecified atom stereocenters. The number of methoxy groups -OCH3 is 3. The molecule has 2 N–H and O–H groups in total. The Bertz CT molecular complexity index is 701. The number of carbonyl (C=O) groups excluding carboxylic acids is 1. The molecule has 1 atom stereocenters. The SMILES string of the molecule is COc1ccc(CNC(=O)NC(C)c2ccc(OC)cc2OC)cc1. The van der Waals surface area contributed by atoms with Crippen LogP contribution in [0, 0.1) is 0 Å². The molecule has 0 saturated carbocycles. The van der Waals surface area contributed by atoms with Crippen molar-refractivity contribution < 1.29 is 19.0 Å². The number of hydrogen-bond acceptors (Lipinski definition) is 4. The molecule has 2 amide bonds. The maximum absolute atomic E-state index is 12.1. The molecule has 134 valence electrons. The summed E-state index contributed by atoms with van der Waals surface area (Å²) in [6.07, 6.45) is 0. The van der Waals surface area contributed by atoms with Crippen LogP contribution >= 0.6 is 0 Å². The number of rotatable bonds is 7. The first-order chi connectivity index (χ1) is 12.1. The van der Waals surface area contributed by atoms with Gasteiger partial charge in [-0.1, -0.05) is 12.1 Å². The zero-order valence-electron chi connectivity index (χ0n) is 15.0. The van der Waals surface area contributed by atoms with E-state index >= 15 is 0 Å². The van der Waals surface area contributed by atoms with Gasteiger partial charge in [0.15, 0.2) is 0 Å². The number of hydrogen-bond donors (Lipinski definition) is 2. The zero-order chi connectivity index (χ0) is 18.2. The first kappa shape index (κ1) is 18.4. The lowest BCUT2D eigenvalue weighted by Crippen LogP contribution is -2.36. The predicted octanol–water partition coefficient (Wildman–Crippen LogP) is 3.27. The van der Waals surface area contributed by atoms with Crippen molar-refractivity contribution in [2.45, 2.75) is 19.5 Å². The van der Waals surface area contributed by atoms with Crippen LogP contribution in [-0.4, -0.2) is 27.4 Å². The highest BCUT2D eigenvalue weighted by molar-refractivity contribution is 5.74. The molecule has 6 heteroatoms. The fourth-order valence-corrected chi connectivity index (χ4v) is 2.43. The van der Waals surface area contributed by atoms with Crippen molar-refractivity contribution in [2.75, 3.05) is 21.3 Å². The molecule has 0 aliphatic heterocycles. The lowest BCUT2D eigenvalue weighted by molar-refractivity contribution is 0.237. The number of urea groups is 1. The summed E-state index contributed by atoms with van der Waals surface area (Å²) in [5.74, 6) is 2.16. The molecular weight excluding hydrogens is 320 g/mol. The van der Waals surface area contributed by atoms with Gasteiger partial charge in [-0.05, 0) is 36.8 Å². The second-order valence-corrected chi connectivity index (χ2v) is 5.50. The topological polar surface area (TPSA) is 68.8 Å². The molecule has 2 aromatic rings. The highest BCUT2D eigenvalue weighted by atomic mass is 16.5. The number of ether oxygens (including phenoxy) is 3. The van der Waals surface area contributed by atoms with Crippen molar-refractivity contribution in [1.29, 1.82) is 0 Å². The van der Waals surface area contributed by atoms with Crippen molar-refractivity contribution in [1.82, 2.24) is 10.6 Å². The molecule has 2 rings (SSSR count). The molecule has 0 saturated heterocycles. The van der Waals surface area contributed by atoms with Gasteiger partial charge in [-0.3, -0.25) is 0 Å². The van der Waals surface area contributed by atoms with Crippen LogP contribution in [0.3, 0.4) is 0 Å². The van der Waals surface area contributed by atoms with Gasteiger partial charge >= 0.3 is 6.03 Å². The van der Waals surface area contributed by atoms with E-state index in [9.17, 15) is 4.79 Å². The van der Waals surface area contributed by atoms with E-state index in [4.69, 9.17) is 14.2 Å². The molecule has 0 radical (unpaired) electrons. The molecule has 0 aromatic heterocycles. The van der Waals surface area contributed by atoms with Gasteiger partial charge in [0, 0.05) is 18.2 Å². The van der Waals surface area contributed by atoms with E-state index in [1.165, 1.54) is 0 Å². The van der Waals surface area contributed by atoms with Gasteiger partial charge in [-0.25, -0.2) is 4.79 Å². The third-order valence-electron chi connectivity index (χ3n) is 3.87. The Kier molecular flexibility index (Phi) is 6.51. The normalized spacial score (nSPS) is 11.4. The second-order valence-electron chi connectivity index (χ2n) is 5.50. The third-order valence-corrected chi connectivity index (χ3v) is 3.87. The monoisotopic (exact) mass is 344 g/mol. The van der Waals surface area contributed by atoms with Gasteiger partial charge in [0.25, 0.3) is 0 Å². The lowest BCUT2D eigenvalue weighted by atomic mass is 10.1. The van der Waals surface area contributed by atoms with Gasteiger partial charge in [-0.2, -0.15) is 0 Å². The Morgan fingerprint density at radius 3 is 2.20 bits per heavy atom. The number of carbonyl (C=O) groups is 1. The molecule has 0 fully saturated rings. The fraction of sp³-hybridized carbons (Fsp3) is 0.316. The van der Waals surface area contributed by atoms with Crippen molar-refractivity contribution in [3.05, 3.63) is 53.6 Å². The van der Waals surface area contributed by atoms with Crippen LogP contribution in [0.1, 0.15) is 24.1 Å². The summed E-state index contributed by atoms with van der Waals surface area (Å²) in [5, 5.41) is 5.75. The maximum Gasteiger partial charge on any atom is 0.315 e. The van der Waals surface area contributed by atoms with Crippen molar-refractivity contribution in [3.8, 4) is 17.2 Å². The lowest BCUT2D eigenvalue weighted by Gasteiger charge is -2.18. The van der Waals surface area contributed by atoms with E-state index in [2.05, 4.69) is 10.6 Å². The van der Waals surface area contributed by atoms with Crippen LogP contribution in [0.5, 0.6) is 17.2 Å². The Labute approximate surface area is 148 Å². The molecular formula is C19H24N2O4. The van der Waals surface area contributed by atoms with E-state index < -0.39 is 0 Å². The summed E-state index contributed by atoms with van der Waals surface area (Å²) < 4.78 is 15.7. The Morgan fingerprint density at radius 1 is 0.960 bits per heavy atom. The minimum atomic E-state index is -0.249. The smallest absolute Gasteiger partial charge is 0.315 e. The summed E-state index contributed by atoms with van der Waals surface area (Å²) in [6.45, 7) is 2.33. The Balaban J connectivity index is 1.93. The molecule has 0 aliphatic carbocycles. The van der Waals surface area contributed by atoms with E-state index in [-0.39, 0.29) is 12.1 Å². The average Bonchev–Trinajstić information content (AvgIpc) is 2.66. The average molecular weight is 344 g/mol. The molecule has 0 aliphatic rings. The maximum atomic E-state index is 12.1. The summed E-state index contributed by atoms with van der Waals surface area (Å²) >= 11 is 0. The van der Waals surface area contributed by atoms with Crippen LogP contribution in [0.2, 0.25) is 0 Å². The Morgan fingerprint density at radius 2 is 1.60 bits per heavy atom. The van der Waals surface area contributed by atoms with Crippen LogP contribution in [0.15, 0.2) is 42.5 Å². The molecule has 2 aromatic carbocycles. The first-order valence-electron chi connectivity index (χ1n) is 7.96. The predicted molar refractivity (Wildman–Crippen MR) is 96.3 cm³/mol. The molecule has 6 nitrogen and oxygen atoms in total. The third kappa shape index (κ3) is 5.04. The zero-order valence-corrected chi connectivity index (χ0v) is 15.0. The van der Waals surface area contributed by atoms with Crippen LogP contribution in [-0.2, 0) is 6.54 Å². The van der Waals surface area contributed by atoms with E-state index in [1.54, 1.807) is 27.4 Å². The first-order valence-corrected chi connectivity index (χ1v) is 7.96. The molecule has 0 heterocycles. The minimum Gasteiger partial charge on any atom is -0.497 e. The number of nitrogens with one attached hydrogen (secondary N) is 2. The summed E-state index contributed by atoms with van der Waals surface area (Å²) in [5.41, 5.74) is 1.87. The Hall–Kier alpha value is -2.89. The van der Waals surface area contributed by atoms with E-state index in [0.717, 1.165) is 16.9 Å². The van der Waals surface area contributed by atoms with Gasteiger partial charge in [0.2, 0.25) is 0 Å². The van der Waals surface area contributed by atoms with Gasteiger partial charge in [-0.15, -0.1) is 0 Å². The van der Waals surface area contributed by atoms with Gasteiger partial charge in [0.1, 0.15) is 17.2 Å². The molecule has 0 bridgehead atoms. The fourth-order valence-electron chi connectivity index (χ4n) is 2.43. The summed E-state index contributed by atoms with van der Waals surface area (Å²) in [7, 11) is 4.81. The van der Waals surface area contributed by atoms with Gasteiger partial charge < -0.3 is 24.8 Å². The molecule has 25 heavy (non-hydrogen) atoms. The van der Waals surface area contributed by atoms with Gasteiger partial charge in [0.05, 0.1) is 27.4 Å². The quantitative estimate of drug-likeness (QED) is 0.809. The largest absolute Gasteiger partial charge is 0.497 e. The van der Waals surface area contributed by atoms with Crippen LogP contribution in [0.4, 0.5) is 4.79 Å². The van der Waals surface area contributed by atoms with Crippen molar-refractivity contribution in [3.63, 3.8) is 0 Å². The van der Waals surface area contributed by atoms with E-state index in [0.29, 0.717) is 18.0 Å². The second kappa shape index (κ2) is 8.82. The van der Waals surface area contributed by atoms with Crippen molar-refractivity contribution in [2.24, 2.45) is 0 Å². The number of amides is 2. The minimum absolute atomic E-state index is 0.211.